The van der Waals surface area contributed by atoms with Gasteiger partial charge in [-0.1, -0.05) is 64.3 Å². The van der Waals surface area contributed by atoms with Crippen LogP contribution in [0.25, 0.3) is 0 Å². The fourth-order valence-electron chi connectivity index (χ4n) is 7.10. The summed E-state index contributed by atoms with van der Waals surface area (Å²) in [4.78, 5) is 12.8. The molecular formula is C48H62F18O6. The predicted molar refractivity (Wildman–Crippen MR) is 228 cm³/mol. The Hall–Kier alpha value is -3.67. The van der Waals surface area contributed by atoms with Crippen molar-refractivity contribution in [3.8, 4) is 11.5 Å². The third-order valence-corrected chi connectivity index (χ3v) is 12.0. The molecule has 6 nitrogen and oxygen atoms in total. The minimum atomic E-state index is -6.94. The molecule has 0 aliphatic carbocycles. The Bertz CT molecular complexity index is 1890. The Labute approximate surface area is 406 Å². The van der Waals surface area contributed by atoms with Gasteiger partial charge in [0.15, 0.2) is 0 Å². The van der Waals surface area contributed by atoms with E-state index in [-0.39, 0.29) is 54.9 Å². The number of ether oxygens (including phenoxy) is 4. The van der Waals surface area contributed by atoms with Crippen LogP contribution < -0.4 is 9.47 Å². The van der Waals surface area contributed by atoms with E-state index in [2.05, 4.69) is 0 Å². The van der Waals surface area contributed by atoms with Crippen molar-refractivity contribution in [1.29, 1.82) is 0 Å². The largest absolute Gasteiger partial charge is 0.494 e. The molecule has 0 saturated carbocycles. The molecular weight excluding hydrogens is 1010 g/mol. The number of hydrogen-bond acceptors (Lipinski definition) is 6. The molecule has 4 atom stereocenters. The van der Waals surface area contributed by atoms with Gasteiger partial charge < -0.3 is 24.1 Å². The van der Waals surface area contributed by atoms with Crippen molar-refractivity contribution in [1.82, 2.24) is 0 Å². The maximum absolute atomic E-state index is 13.7. The summed E-state index contributed by atoms with van der Waals surface area (Å²) in [6, 6.07) is 11.9. The number of carbonyl (C=O) groups is 1. The Morgan fingerprint density at radius 1 is 0.486 bits per heavy atom. The number of hydrogen-bond donors (Lipinski definition) is 1. The Morgan fingerprint density at radius 2 is 0.875 bits per heavy atom. The number of aliphatic hydroxyl groups is 1. The Kier molecular flexibility index (Phi) is 23.9. The lowest BCUT2D eigenvalue weighted by molar-refractivity contribution is -0.396. The van der Waals surface area contributed by atoms with Gasteiger partial charge in [0.05, 0.1) is 32.0 Å². The molecule has 0 amide bonds. The number of ketones is 1. The number of carbonyl (C=O) groups excluding carboxylic acids is 1. The minimum absolute atomic E-state index is 0.0734. The standard InChI is InChI=1S/C48H62F18O6/c1-32(11-20-39(67)34(3)21-28-69-30-35-12-16-37(17-13-35)71-26-7-24-41(49,50)43(53,54)45(57,58)47(61,62)63)9-5-22-40(4,68)23-6-10-33(2)29-70-31-36-14-18-38(19-15-36)72-27-8-25-42(51,52)44(55,56)46(59,60)48(64,65)66/h12-19,32-34,68H,5-11,20-31H2,1-4H3/t32-,33-,34-,40-/m1/s1. The van der Waals surface area contributed by atoms with Crippen LogP contribution in [0.5, 0.6) is 11.5 Å². The first kappa shape index (κ1) is 64.4. The highest BCUT2D eigenvalue weighted by Gasteiger charge is 2.82. The van der Waals surface area contributed by atoms with Crippen LogP contribution in [0.1, 0.15) is 122 Å². The first-order valence-electron chi connectivity index (χ1n) is 23.1. The summed E-state index contributed by atoms with van der Waals surface area (Å²) >= 11 is 0. The van der Waals surface area contributed by atoms with E-state index < -0.39 is 92.4 Å². The number of Topliss-reactive ketones (excluding diaryl/α,β-unsaturated/α-hetero) is 1. The van der Waals surface area contributed by atoms with E-state index in [0.29, 0.717) is 49.8 Å². The molecule has 1 N–H and O–H groups in total. The van der Waals surface area contributed by atoms with Crippen LogP contribution in [0.15, 0.2) is 48.5 Å². The topological polar surface area (TPSA) is 74.2 Å². The lowest BCUT2D eigenvalue weighted by atomic mass is 9.88. The molecule has 0 saturated heterocycles. The fraction of sp³-hybridized carbons (Fsp3) is 0.729. The van der Waals surface area contributed by atoms with E-state index in [1.807, 2.05) is 13.8 Å². The Morgan fingerprint density at radius 3 is 1.28 bits per heavy atom. The first-order chi connectivity index (χ1) is 32.9. The molecule has 0 fully saturated rings. The third kappa shape index (κ3) is 18.9. The minimum Gasteiger partial charge on any atom is -0.494 e. The van der Waals surface area contributed by atoms with E-state index in [1.165, 1.54) is 24.3 Å². The van der Waals surface area contributed by atoms with Gasteiger partial charge in [-0.15, -0.1) is 0 Å². The first-order valence-corrected chi connectivity index (χ1v) is 23.1. The van der Waals surface area contributed by atoms with Crippen molar-refractivity contribution < 1.29 is 108 Å². The van der Waals surface area contributed by atoms with Crippen LogP contribution in [-0.4, -0.2) is 90.8 Å². The summed E-state index contributed by atoms with van der Waals surface area (Å²) in [6.45, 7) is 7.23. The van der Waals surface area contributed by atoms with Crippen molar-refractivity contribution in [3.05, 3.63) is 59.7 Å². The number of benzene rings is 2. The summed E-state index contributed by atoms with van der Waals surface area (Å²) < 4.78 is 256. The molecule has 72 heavy (non-hydrogen) atoms. The summed E-state index contributed by atoms with van der Waals surface area (Å²) in [5, 5.41) is 11.0. The van der Waals surface area contributed by atoms with E-state index in [0.717, 1.165) is 25.7 Å². The second-order valence-electron chi connectivity index (χ2n) is 18.6. The third-order valence-electron chi connectivity index (χ3n) is 12.0. The molecule has 2 aromatic rings. The van der Waals surface area contributed by atoms with E-state index in [4.69, 9.17) is 18.9 Å². The molecule has 0 radical (unpaired) electrons. The fourth-order valence-corrected chi connectivity index (χ4v) is 7.10. The molecule has 416 valence electrons. The van der Waals surface area contributed by atoms with Gasteiger partial charge in [-0.2, -0.15) is 79.0 Å². The second kappa shape index (κ2) is 26.7. The number of halogens is 18. The molecule has 0 aliphatic rings. The quantitative estimate of drug-likeness (QED) is 0.0548. The maximum Gasteiger partial charge on any atom is 0.460 e. The molecule has 0 heterocycles. The smallest absolute Gasteiger partial charge is 0.460 e. The lowest BCUT2D eigenvalue weighted by Crippen LogP contribution is -2.60. The monoisotopic (exact) mass is 1080 g/mol. The van der Waals surface area contributed by atoms with Gasteiger partial charge in [0.2, 0.25) is 0 Å². The van der Waals surface area contributed by atoms with Gasteiger partial charge in [-0.05, 0) is 99.1 Å². The van der Waals surface area contributed by atoms with Crippen LogP contribution in [0.3, 0.4) is 0 Å². The Balaban J connectivity index is 1.57. The molecule has 0 spiro atoms. The van der Waals surface area contributed by atoms with Crippen molar-refractivity contribution in [3.63, 3.8) is 0 Å². The molecule has 0 unspecified atom stereocenters. The van der Waals surface area contributed by atoms with Crippen LogP contribution in [0, 0.1) is 17.8 Å². The van der Waals surface area contributed by atoms with E-state index >= 15 is 0 Å². The van der Waals surface area contributed by atoms with Gasteiger partial charge in [0.1, 0.15) is 17.3 Å². The highest BCUT2D eigenvalue weighted by molar-refractivity contribution is 5.80. The maximum atomic E-state index is 13.7. The van der Waals surface area contributed by atoms with Crippen LogP contribution in [0.2, 0.25) is 0 Å². The van der Waals surface area contributed by atoms with Crippen molar-refractivity contribution >= 4 is 5.78 Å². The highest BCUT2D eigenvalue weighted by atomic mass is 19.4. The molecule has 0 aliphatic heterocycles. The van der Waals surface area contributed by atoms with Crippen molar-refractivity contribution in [2.75, 3.05) is 26.4 Å². The SMILES string of the molecule is C[C@H](CCC[C@@](C)(O)CCC[C@@H](C)COCc1ccc(OCCCC(F)(F)C(F)(F)C(F)(F)C(F)(F)F)cc1)CCC(=O)[C@H](C)CCOCc1ccc(OCCCC(F)(F)C(F)(F)C(F)(F)C(F)(F)F)cc1. The lowest BCUT2D eigenvalue weighted by Gasteiger charge is -2.33. The van der Waals surface area contributed by atoms with E-state index in [1.54, 1.807) is 38.1 Å². The molecule has 0 bridgehead atoms. The van der Waals surface area contributed by atoms with Crippen LogP contribution in [0.4, 0.5) is 79.0 Å². The zero-order valence-corrected chi connectivity index (χ0v) is 40.1. The molecule has 2 aromatic carbocycles. The van der Waals surface area contributed by atoms with Gasteiger partial charge in [0, 0.05) is 38.4 Å². The number of alkyl halides is 18. The summed E-state index contributed by atoms with van der Waals surface area (Å²) in [7, 11) is 0. The zero-order chi connectivity index (χ0) is 55.0. The normalized spacial score (nSPS) is 15.8. The van der Waals surface area contributed by atoms with E-state index in [9.17, 15) is 88.9 Å². The highest BCUT2D eigenvalue weighted by Crippen LogP contribution is 2.55. The predicted octanol–water partition coefficient (Wildman–Crippen LogP) is 15.4. The molecule has 24 heteroatoms. The zero-order valence-electron chi connectivity index (χ0n) is 40.1. The average Bonchev–Trinajstić information content (AvgIpc) is 3.27. The molecule has 2 rings (SSSR count). The van der Waals surface area contributed by atoms with Crippen molar-refractivity contribution in [2.45, 2.75) is 178 Å². The van der Waals surface area contributed by atoms with Gasteiger partial charge in [-0.3, -0.25) is 4.79 Å². The van der Waals surface area contributed by atoms with Crippen LogP contribution in [-0.2, 0) is 27.5 Å². The number of rotatable bonds is 35. The van der Waals surface area contributed by atoms with Crippen molar-refractivity contribution in [2.24, 2.45) is 17.8 Å². The van der Waals surface area contributed by atoms with Gasteiger partial charge in [0.25, 0.3) is 0 Å². The summed E-state index contributed by atoms with van der Waals surface area (Å²) in [5.74, 6) is -38.1. The van der Waals surface area contributed by atoms with Crippen LogP contribution >= 0.6 is 0 Å². The summed E-state index contributed by atoms with van der Waals surface area (Å²) in [5.41, 5.74) is 0.452. The average molecular weight is 1080 g/mol. The van der Waals surface area contributed by atoms with Gasteiger partial charge in [-0.25, -0.2) is 0 Å². The second-order valence-corrected chi connectivity index (χ2v) is 18.6. The summed E-state index contributed by atoms with van der Waals surface area (Å²) in [6.07, 6.45) is -13.9. The van der Waals surface area contributed by atoms with Gasteiger partial charge >= 0.3 is 47.9 Å². The molecule has 0 aromatic heterocycles.